The largest absolute Gasteiger partial charge is 0.466 e. The Morgan fingerprint density at radius 2 is 1.62 bits per heavy atom. The highest BCUT2D eigenvalue weighted by atomic mass is 16.5. The lowest BCUT2D eigenvalue weighted by Crippen LogP contribution is -2.53. The highest BCUT2D eigenvalue weighted by molar-refractivity contribution is 5.92. The molecule has 0 N–H and O–H groups in total. The molecule has 6 nitrogen and oxygen atoms in total. The van der Waals surface area contributed by atoms with Crippen LogP contribution in [-0.4, -0.2) is 60.4 Å². The Bertz CT molecular complexity index is 371. The van der Waals surface area contributed by atoms with Gasteiger partial charge in [-0.15, -0.1) is 0 Å². The lowest BCUT2D eigenvalue weighted by atomic mass is 10.1. The van der Waals surface area contributed by atoms with Crippen molar-refractivity contribution in [2.75, 3.05) is 32.8 Å². The van der Waals surface area contributed by atoms with E-state index in [-0.39, 0.29) is 30.9 Å². The summed E-state index contributed by atoms with van der Waals surface area (Å²) in [6.07, 6.45) is 3.72. The highest BCUT2D eigenvalue weighted by Crippen LogP contribution is 2.09. The van der Waals surface area contributed by atoms with Crippen LogP contribution in [-0.2, 0) is 19.1 Å². The molecular weight excluding hydrogens is 272 g/mol. The molecule has 1 aliphatic rings. The van der Waals surface area contributed by atoms with E-state index in [1.54, 1.807) is 16.7 Å². The number of ether oxygens (including phenoxy) is 1. The summed E-state index contributed by atoms with van der Waals surface area (Å²) in [5, 5.41) is 0. The first-order valence-electron chi connectivity index (χ1n) is 7.79. The van der Waals surface area contributed by atoms with Crippen LogP contribution in [0.5, 0.6) is 0 Å². The first kappa shape index (κ1) is 17.5. The molecule has 1 rings (SSSR count). The monoisotopic (exact) mass is 298 g/mol. The van der Waals surface area contributed by atoms with Crippen LogP contribution in [0.2, 0.25) is 0 Å². The number of carbonyl (C=O) groups is 3. The second-order valence-corrected chi connectivity index (χ2v) is 5.25. The van der Waals surface area contributed by atoms with Gasteiger partial charge in [0.1, 0.15) is 0 Å². The molecule has 21 heavy (non-hydrogen) atoms. The molecule has 0 aromatic rings. The number of carbonyl (C=O) groups excluding carboxylic acids is 3. The van der Waals surface area contributed by atoms with Crippen molar-refractivity contribution in [3.63, 3.8) is 0 Å². The molecule has 0 bridgehead atoms. The topological polar surface area (TPSA) is 66.9 Å². The summed E-state index contributed by atoms with van der Waals surface area (Å²) in [6.45, 7) is 5.83. The standard InChI is InChI=1S/C15H26N2O4/c1-3-9-16-11-14(19)17(12-13(16)18)10-7-5-6-8-15(20)21-4-2/h3-12H2,1-2H3. The van der Waals surface area contributed by atoms with Crippen molar-refractivity contribution in [2.24, 2.45) is 0 Å². The van der Waals surface area contributed by atoms with E-state index in [9.17, 15) is 14.4 Å². The van der Waals surface area contributed by atoms with Crippen molar-refractivity contribution in [3.05, 3.63) is 0 Å². The number of esters is 1. The minimum atomic E-state index is -0.170. The molecule has 0 aromatic carbocycles. The number of nitrogens with zero attached hydrogens (tertiary/aromatic N) is 2. The van der Waals surface area contributed by atoms with Crippen LogP contribution >= 0.6 is 0 Å². The van der Waals surface area contributed by atoms with Crippen molar-refractivity contribution in [2.45, 2.75) is 46.0 Å². The van der Waals surface area contributed by atoms with Crippen molar-refractivity contribution in [3.8, 4) is 0 Å². The number of hydrogen-bond donors (Lipinski definition) is 0. The molecule has 1 heterocycles. The number of piperazine rings is 1. The van der Waals surface area contributed by atoms with Crippen LogP contribution in [0.1, 0.15) is 46.0 Å². The third-order valence-corrected chi connectivity index (χ3v) is 3.47. The van der Waals surface area contributed by atoms with Crippen LogP contribution in [0, 0.1) is 0 Å². The van der Waals surface area contributed by atoms with Crippen LogP contribution < -0.4 is 0 Å². The fourth-order valence-corrected chi connectivity index (χ4v) is 2.36. The van der Waals surface area contributed by atoms with Gasteiger partial charge in [0.2, 0.25) is 11.8 Å². The maximum atomic E-state index is 11.9. The number of hydrogen-bond acceptors (Lipinski definition) is 4. The SMILES string of the molecule is CCCN1CC(=O)N(CCCCCC(=O)OCC)CC1=O. The molecule has 2 amide bonds. The Balaban J connectivity index is 2.19. The van der Waals surface area contributed by atoms with E-state index in [1.165, 1.54) is 0 Å². The maximum Gasteiger partial charge on any atom is 0.305 e. The Morgan fingerprint density at radius 1 is 1.00 bits per heavy atom. The number of unbranched alkanes of at least 4 members (excludes halogenated alkanes) is 2. The second-order valence-electron chi connectivity index (χ2n) is 5.25. The quantitative estimate of drug-likeness (QED) is 0.474. The summed E-state index contributed by atoms with van der Waals surface area (Å²) >= 11 is 0. The van der Waals surface area contributed by atoms with Gasteiger partial charge in [-0.3, -0.25) is 14.4 Å². The average Bonchev–Trinajstić information content (AvgIpc) is 2.44. The van der Waals surface area contributed by atoms with E-state index >= 15 is 0 Å². The predicted octanol–water partition coefficient (Wildman–Crippen LogP) is 1.19. The molecule has 0 spiro atoms. The third kappa shape index (κ3) is 6.14. The molecule has 6 heteroatoms. The lowest BCUT2D eigenvalue weighted by Gasteiger charge is -2.33. The summed E-state index contributed by atoms with van der Waals surface area (Å²) in [5.74, 6) is -0.117. The molecule has 120 valence electrons. The van der Waals surface area contributed by atoms with Gasteiger partial charge in [-0.1, -0.05) is 13.3 Å². The van der Waals surface area contributed by atoms with Crippen LogP contribution in [0.15, 0.2) is 0 Å². The van der Waals surface area contributed by atoms with Gasteiger partial charge in [-0.25, -0.2) is 0 Å². The molecule has 1 aliphatic heterocycles. The molecular formula is C15H26N2O4. The van der Waals surface area contributed by atoms with Gasteiger partial charge in [0.05, 0.1) is 19.7 Å². The van der Waals surface area contributed by atoms with E-state index in [1.807, 2.05) is 6.92 Å². The van der Waals surface area contributed by atoms with Gasteiger partial charge < -0.3 is 14.5 Å². The zero-order valence-corrected chi connectivity index (χ0v) is 13.1. The maximum absolute atomic E-state index is 11.9. The number of amides is 2. The molecule has 0 aliphatic carbocycles. The normalized spacial score (nSPS) is 15.5. The zero-order chi connectivity index (χ0) is 15.7. The van der Waals surface area contributed by atoms with E-state index in [0.717, 1.165) is 25.7 Å². The van der Waals surface area contributed by atoms with Gasteiger partial charge in [-0.2, -0.15) is 0 Å². The zero-order valence-electron chi connectivity index (χ0n) is 13.1. The first-order chi connectivity index (χ1) is 10.1. The molecule has 0 saturated carbocycles. The van der Waals surface area contributed by atoms with E-state index in [4.69, 9.17) is 4.74 Å². The molecule has 0 atom stereocenters. The van der Waals surface area contributed by atoms with Crippen LogP contribution in [0.3, 0.4) is 0 Å². The summed E-state index contributed by atoms with van der Waals surface area (Å²) in [5.41, 5.74) is 0. The molecule has 1 fully saturated rings. The number of rotatable bonds is 9. The molecule has 0 unspecified atom stereocenters. The Kier molecular flexibility index (Phi) is 7.79. The predicted molar refractivity (Wildman–Crippen MR) is 78.6 cm³/mol. The van der Waals surface area contributed by atoms with E-state index in [2.05, 4.69) is 0 Å². The van der Waals surface area contributed by atoms with Gasteiger partial charge >= 0.3 is 5.97 Å². The van der Waals surface area contributed by atoms with Crippen molar-refractivity contribution in [1.82, 2.24) is 9.80 Å². The summed E-state index contributed by atoms with van der Waals surface area (Å²) in [7, 11) is 0. The van der Waals surface area contributed by atoms with E-state index < -0.39 is 0 Å². The van der Waals surface area contributed by atoms with Crippen molar-refractivity contribution < 1.29 is 19.1 Å². The van der Waals surface area contributed by atoms with Crippen LogP contribution in [0.25, 0.3) is 0 Å². The van der Waals surface area contributed by atoms with Gasteiger partial charge in [-0.05, 0) is 26.2 Å². The van der Waals surface area contributed by atoms with Crippen molar-refractivity contribution >= 4 is 17.8 Å². The fraction of sp³-hybridized carbons (Fsp3) is 0.800. The fourth-order valence-electron chi connectivity index (χ4n) is 2.36. The molecule has 1 saturated heterocycles. The average molecular weight is 298 g/mol. The summed E-state index contributed by atoms with van der Waals surface area (Å²) in [6, 6.07) is 0. The summed E-state index contributed by atoms with van der Waals surface area (Å²) < 4.78 is 4.85. The lowest BCUT2D eigenvalue weighted by molar-refractivity contribution is -0.150. The summed E-state index contributed by atoms with van der Waals surface area (Å²) in [4.78, 5) is 38.2. The van der Waals surface area contributed by atoms with Crippen molar-refractivity contribution in [1.29, 1.82) is 0 Å². The Labute approximate surface area is 126 Å². The minimum absolute atomic E-state index is 0.0217. The van der Waals surface area contributed by atoms with Crippen LogP contribution in [0.4, 0.5) is 0 Å². The Morgan fingerprint density at radius 3 is 2.19 bits per heavy atom. The van der Waals surface area contributed by atoms with Gasteiger partial charge in [0, 0.05) is 19.5 Å². The highest BCUT2D eigenvalue weighted by Gasteiger charge is 2.28. The van der Waals surface area contributed by atoms with Gasteiger partial charge in [0.25, 0.3) is 0 Å². The molecule has 0 aromatic heterocycles. The van der Waals surface area contributed by atoms with E-state index in [0.29, 0.717) is 26.1 Å². The Hall–Kier alpha value is -1.59. The second kappa shape index (κ2) is 9.37. The molecule has 0 radical (unpaired) electrons. The van der Waals surface area contributed by atoms with Gasteiger partial charge in [0.15, 0.2) is 0 Å². The smallest absolute Gasteiger partial charge is 0.305 e. The third-order valence-electron chi connectivity index (χ3n) is 3.47. The first-order valence-corrected chi connectivity index (χ1v) is 7.79. The minimum Gasteiger partial charge on any atom is -0.466 e.